The number of amides is 1. The van der Waals surface area contributed by atoms with Gasteiger partial charge in [0.25, 0.3) is 0 Å². The fourth-order valence-electron chi connectivity index (χ4n) is 7.17. The summed E-state index contributed by atoms with van der Waals surface area (Å²) < 4.78 is 1.69. The lowest BCUT2D eigenvalue weighted by Crippen LogP contribution is -2.74. The molecule has 0 radical (unpaired) electrons. The number of primary amides is 1. The van der Waals surface area contributed by atoms with E-state index in [2.05, 4.69) is 0 Å². The highest BCUT2D eigenvalue weighted by Crippen LogP contribution is 2.52. The Morgan fingerprint density at radius 2 is 1.79 bits per heavy atom. The molecular weight excluding hydrogens is 544 g/mol. The number of nitrogens with zero attached hydrogens (tertiary/aromatic N) is 3. The number of aromatic nitrogens is 1. The molecule has 3 aliphatic carbocycles. The van der Waals surface area contributed by atoms with Crippen molar-refractivity contribution in [2.24, 2.45) is 29.4 Å². The number of carbonyl (C=O) groups is 6. The number of Topliss-reactive ketones (excluding diaryl/α,β-unsaturated/α-hetero) is 5. The van der Waals surface area contributed by atoms with Crippen LogP contribution in [0.25, 0.3) is 0 Å². The number of phenols is 1. The van der Waals surface area contributed by atoms with Crippen LogP contribution in [0.4, 0.5) is 5.69 Å². The molecule has 6 atom stereocenters. The van der Waals surface area contributed by atoms with Crippen LogP contribution in [-0.4, -0.2) is 94.3 Å². The number of carbonyl (C=O) groups excluding carboxylic acids is 6. The number of anilines is 1. The van der Waals surface area contributed by atoms with Crippen LogP contribution < -0.4 is 10.6 Å². The van der Waals surface area contributed by atoms with E-state index in [-0.39, 0.29) is 36.5 Å². The van der Waals surface area contributed by atoms with Gasteiger partial charge in [-0.2, -0.15) is 0 Å². The average Bonchev–Trinajstić information content (AvgIpc) is 3.36. The number of ketones is 5. The van der Waals surface area contributed by atoms with E-state index in [9.17, 15) is 39.0 Å². The quantitative estimate of drug-likeness (QED) is 0.312. The highest BCUT2D eigenvalue weighted by atomic mass is 16.3. The Hall–Kier alpha value is -4.16. The number of nitrogens with two attached hydrogens (primary N) is 1. The predicted molar refractivity (Wildman–Crippen MR) is 149 cm³/mol. The van der Waals surface area contributed by atoms with Gasteiger partial charge in [0.15, 0.2) is 40.4 Å². The van der Waals surface area contributed by atoms with Crippen molar-refractivity contribution in [2.45, 2.75) is 38.0 Å². The highest BCUT2D eigenvalue weighted by Gasteiger charge is 2.69. The van der Waals surface area contributed by atoms with Crippen molar-refractivity contribution in [2.75, 3.05) is 33.1 Å². The Morgan fingerprint density at radius 1 is 1.12 bits per heavy atom. The molecule has 0 bridgehead atoms. The second-order valence-electron chi connectivity index (χ2n) is 12.1. The van der Waals surface area contributed by atoms with Gasteiger partial charge in [-0.15, -0.1) is 0 Å². The topological polar surface area (TPSA) is 180 Å². The zero-order valence-electron chi connectivity index (χ0n) is 24.1. The molecule has 1 amide bonds. The number of aliphatic hydroxyl groups is 1. The molecule has 1 heterocycles. The molecule has 2 saturated carbocycles. The first kappa shape index (κ1) is 29.3. The van der Waals surface area contributed by atoms with Gasteiger partial charge in [-0.3, -0.25) is 33.7 Å². The maximum absolute atomic E-state index is 14.1. The van der Waals surface area contributed by atoms with E-state index in [1.54, 1.807) is 62.2 Å². The molecule has 3 aliphatic rings. The summed E-state index contributed by atoms with van der Waals surface area (Å²) in [4.78, 5) is 82.1. The Kier molecular flexibility index (Phi) is 6.97. The second-order valence-corrected chi connectivity index (χ2v) is 12.1. The van der Waals surface area contributed by atoms with Crippen LogP contribution in [0, 0.1) is 23.7 Å². The Balaban J connectivity index is 1.63. The predicted octanol–water partition coefficient (Wildman–Crippen LogP) is -0.0146. The zero-order valence-corrected chi connectivity index (χ0v) is 24.1. The molecule has 1 aromatic heterocycles. The van der Waals surface area contributed by atoms with Crippen LogP contribution >= 0.6 is 0 Å². The van der Waals surface area contributed by atoms with Gasteiger partial charge in [-0.1, -0.05) is 0 Å². The van der Waals surface area contributed by atoms with E-state index in [0.717, 1.165) is 0 Å². The molecule has 12 nitrogen and oxygen atoms in total. The number of aromatic hydroxyl groups is 1. The van der Waals surface area contributed by atoms with Crippen molar-refractivity contribution in [3.05, 3.63) is 46.8 Å². The van der Waals surface area contributed by atoms with Crippen molar-refractivity contribution >= 4 is 40.5 Å². The molecular formula is C30H34N4O8. The summed E-state index contributed by atoms with van der Waals surface area (Å²) in [6.07, 6.45) is 3.46. The summed E-state index contributed by atoms with van der Waals surface area (Å²) in [5.41, 5.74) is 4.55. The lowest BCUT2D eigenvalue weighted by Gasteiger charge is -2.52. The van der Waals surface area contributed by atoms with Crippen molar-refractivity contribution in [1.82, 2.24) is 9.47 Å². The normalized spacial score (nSPS) is 28.8. The summed E-state index contributed by atoms with van der Waals surface area (Å²) >= 11 is 0. The molecule has 5 rings (SSSR count). The van der Waals surface area contributed by atoms with E-state index >= 15 is 0 Å². The lowest BCUT2D eigenvalue weighted by atomic mass is 9.52. The fourth-order valence-corrected chi connectivity index (χ4v) is 7.17. The van der Waals surface area contributed by atoms with Gasteiger partial charge in [0.05, 0.1) is 24.1 Å². The third-order valence-corrected chi connectivity index (χ3v) is 9.11. The Labute approximate surface area is 242 Å². The van der Waals surface area contributed by atoms with Gasteiger partial charge in [0, 0.05) is 49.2 Å². The van der Waals surface area contributed by atoms with Crippen LogP contribution in [0.15, 0.2) is 24.5 Å². The van der Waals surface area contributed by atoms with Crippen LogP contribution in [0.5, 0.6) is 5.75 Å². The van der Waals surface area contributed by atoms with Crippen LogP contribution in [0.1, 0.15) is 45.2 Å². The lowest BCUT2D eigenvalue weighted by molar-refractivity contribution is -0.181. The first-order chi connectivity index (χ1) is 19.6. The van der Waals surface area contributed by atoms with Crippen molar-refractivity contribution in [3.63, 3.8) is 0 Å². The maximum atomic E-state index is 14.1. The summed E-state index contributed by atoms with van der Waals surface area (Å²) in [5, 5.41) is 23.2. The van der Waals surface area contributed by atoms with Crippen LogP contribution in [0.3, 0.4) is 0 Å². The number of hydrogen-bond acceptors (Lipinski definition) is 10. The number of rotatable bonds is 6. The van der Waals surface area contributed by atoms with Gasteiger partial charge in [-0.05, 0) is 57.5 Å². The SMILES string of the molecule is CC(=O)c1ccn(Cc2cc(N(C)C)c3c(c2O)C(=O)C2C(=O)C4(O)C(=O)C(C(N)=O)C(=O)C(N(C)C)C4CC2C3)c1. The third kappa shape index (κ3) is 4.11. The molecule has 222 valence electrons. The number of phenolic OH excluding ortho intramolecular Hbond substituents is 1. The van der Waals surface area contributed by atoms with Crippen LogP contribution in [0.2, 0.25) is 0 Å². The molecule has 1 aromatic carbocycles. The molecule has 4 N–H and O–H groups in total. The fraction of sp³-hybridized carbons (Fsp3) is 0.467. The monoisotopic (exact) mass is 578 g/mol. The second kappa shape index (κ2) is 9.99. The van der Waals surface area contributed by atoms with E-state index in [1.165, 1.54) is 11.8 Å². The largest absolute Gasteiger partial charge is 0.507 e. The molecule has 6 unspecified atom stereocenters. The van der Waals surface area contributed by atoms with E-state index < -0.39 is 64.4 Å². The Bertz CT molecular complexity index is 1570. The van der Waals surface area contributed by atoms with Gasteiger partial charge in [0.2, 0.25) is 5.91 Å². The first-order valence-corrected chi connectivity index (χ1v) is 13.7. The highest BCUT2D eigenvalue weighted by molar-refractivity contribution is 6.32. The number of hydrogen-bond donors (Lipinski definition) is 3. The summed E-state index contributed by atoms with van der Waals surface area (Å²) in [5.74, 6) is -11.0. The van der Waals surface area contributed by atoms with Gasteiger partial charge in [0.1, 0.15) is 5.75 Å². The van der Waals surface area contributed by atoms with E-state index in [1.807, 2.05) is 0 Å². The number of likely N-dealkylation sites (N-methyl/N-ethyl adjacent to an activating group) is 1. The smallest absolute Gasteiger partial charge is 0.235 e. The minimum Gasteiger partial charge on any atom is -0.507 e. The minimum absolute atomic E-state index is 0.0174. The first-order valence-electron chi connectivity index (χ1n) is 13.7. The van der Waals surface area contributed by atoms with Gasteiger partial charge >= 0.3 is 0 Å². The zero-order chi connectivity index (χ0) is 31.0. The number of benzene rings is 1. The molecule has 0 saturated heterocycles. The van der Waals surface area contributed by atoms with E-state index in [4.69, 9.17) is 5.73 Å². The molecule has 0 spiro atoms. The molecule has 2 fully saturated rings. The van der Waals surface area contributed by atoms with Crippen LogP contribution in [-0.2, 0) is 32.1 Å². The van der Waals surface area contributed by atoms with Crippen molar-refractivity contribution < 1.29 is 39.0 Å². The summed E-state index contributed by atoms with van der Waals surface area (Å²) in [6, 6.07) is 2.24. The van der Waals surface area contributed by atoms with Crippen molar-refractivity contribution in [3.8, 4) is 5.75 Å². The third-order valence-electron chi connectivity index (χ3n) is 9.11. The average molecular weight is 579 g/mol. The Morgan fingerprint density at radius 3 is 2.33 bits per heavy atom. The standard InChI is InChI=1S/C30H34N4O8/c1-13(35)14-6-7-34(11-14)12-16-10-19(32(2)3)17-8-15-9-18-23(33(4)5)26(38)22(29(31)41)28(40)30(18,42)27(39)20(15)25(37)21(17)24(16)36/h6-7,10-11,15,18,20,22-23,36,42H,8-9,12H2,1-5H3,(H2,31,41). The summed E-state index contributed by atoms with van der Waals surface area (Å²) in [7, 11) is 6.66. The number of fused-ring (bicyclic) bond motifs is 3. The van der Waals surface area contributed by atoms with Crippen molar-refractivity contribution in [1.29, 1.82) is 0 Å². The molecule has 0 aliphatic heterocycles. The molecule has 2 aromatic rings. The van der Waals surface area contributed by atoms with Gasteiger partial charge < -0.3 is 25.4 Å². The summed E-state index contributed by atoms with van der Waals surface area (Å²) in [6.45, 7) is 1.56. The van der Waals surface area contributed by atoms with E-state index in [0.29, 0.717) is 22.4 Å². The molecule has 42 heavy (non-hydrogen) atoms. The van der Waals surface area contributed by atoms with Gasteiger partial charge in [-0.25, -0.2) is 0 Å². The maximum Gasteiger partial charge on any atom is 0.235 e. The molecule has 12 heteroatoms. The minimum atomic E-state index is -2.78.